The highest BCUT2D eigenvalue weighted by molar-refractivity contribution is 5.79. The largest absolute Gasteiger partial charge is 0.352 e. The molecule has 3 rings (SSSR count). The van der Waals surface area contributed by atoms with Crippen molar-refractivity contribution in [1.82, 2.24) is 20.5 Å². The number of benzene rings is 1. The third-order valence-corrected chi connectivity index (χ3v) is 3.31. The summed E-state index contributed by atoms with van der Waals surface area (Å²) in [5, 5.41) is 10.5. The van der Waals surface area contributed by atoms with Gasteiger partial charge in [-0.25, -0.2) is 0 Å². The summed E-state index contributed by atoms with van der Waals surface area (Å²) in [6.07, 6.45) is 4.54. The number of amides is 1. The number of rotatable bonds is 5. The van der Waals surface area contributed by atoms with E-state index < -0.39 is 0 Å². The van der Waals surface area contributed by atoms with Crippen molar-refractivity contribution in [3.05, 3.63) is 60.0 Å². The summed E-state index contributed by atoms with van der Waals surface area (Å²) in [6, 6.07) is 12.0. The van der Waals surface area contributed by atoms with Gasteiger partial charge in [0, 0.05) is 35.8 Å². The maximum Gasteiger partial charge on any atom is 0.220 e. The Morgan fingerprint density at radius 2 is 2.10 bits per heavy atom. The number of aromatic amines is 1. The van der Waals surface area contributed by atoms with Crippen molar-refractivity contribution in [2.75, 3.05) is 0 Å². The molecule has 0 aliphatic carbocycles. The van der Waals surface area contributed by atoms with Crippen LogP contribution in [-0.4, -0.2) is 21.1 Å². The van der Waals surface area contributed by atoms with Crippen LogP contribution < -0.4 is 5.32 Å². The van der Waals surface area contributed by atoms with E-state index in [9.17, 15) is 4.79 Å². The number of aryl methyl sites for hydroxylation is 1. The second kappa shape index (κ2) is 6.17. The Balaban J connectivity index is 1.54. The van der Waals surface area contributed by atoms with Gasteiger partial charge in [0.15, 0.2) is 0 Å². The number of H-pyrrole nitrogens is 1. The first-order valence-electron chi connectivity index (χ1n) is 6.90. The molecule has 0 spiro atoms. The van der Waals surface area contributed by atoms with Gasteiger partial charge < -0.3 is 5.32 Å². The molecule has 5 nitrogen and oxygen atoms in total. The SMILES string of the molecule is O=C(CCc1ccc2ccccc2n1)NCc1cn[nH]c1. The van der Waals surface area contributed by atoms with Gasteiger partial charge in [0.05, 0.1) is 11.7 Å². The summed E-state index contributed by atoms with van der Waals surface area (Å²) in [5.74, 6) is 0.0196. The van der Waals surface area contributed by atoms with Crippen molar-refractivity contribution < 1.29 is 4.79 Å². The monoisotopic (exact) mass is 280 g/mol. The molecule has 0 atom stereocenters. The highest BCUT2D eigenvalue weighted by atomic mass is 16.1. The number of aromatic nitrogens is 3. The molecule has 0 saturated heterocycles. The average Bonchev–Trinajstić information content (AvgIpc) is 3.04. The Bertz CT molecular complexity index is 737. The highest BCUT2D eigenvalue weighted by Crippen LogP contribution is 2.12. The smallest absolute Gasteiger partial charge is 0.220 e. The summed E-state index contributed by atoms with van der Waals surface area (Å²) < 4.78 is 0. The molecule has 2 aromatic heterocycles. The van der Waals surface area contributed by atoms with Crippen LogP contribution in [-0.2, 0) is 17.8 Å². The van der Waals surface area contributed by atoms with E-state index in [2.05, 4.69) is 20.5 Å². The van der Waals surface area contributed by atoms with E-state index in [1.807, 2.05) is 36.4 Å². The van der Waals surface area contributed by atoms with Crippen LogP contribution in [0.3, 0.4) is 0 Å². The number of pyridine rings is 1. The molecule has 21 heavy (non-hydrogen) atoms. The maximum absolute atomic E-state index is 11.8. The summed E-state index contributed by atoms with van der Waals surface area (Å²) >= 11 is 0. The first-order chi connectivity index (χ1) is 10.3. The molecule has 106 valence electrons. The number of fused-ring (bicyclic) bond motifs is 1. The zero-order chi connectivity index (χ0) is 14.5. The first-order valence-corrected chi connectivity index (χ1v) is 6.90. The van der Waals surface area contributed by atoms with E-state index in [4.69, 9.17) is 0 Å². The predicted molar refractivity (Wildman–Crippen MR) is 80.5 cm³/mol. The fourth-order valence-corrected chi connectivity index (χ4v) is 2.15. The van der Waals surface area contributed by atoms with Crippen molar-refractivity contribution >= 4 is 16.8 Å². The minimum atomic E-state index is 0.0196. The minimum absolute atomic E-state index is 0.0196. The number of carbonyl (C=O) groups is 1. The zero-order valence-corrected chi connectivity index (χ0v) is 11.5. The standard InChI is InChI=1S/C16H16N4O/c21-16(17-9-12-10-18-19-11-12)8-7-14-6-5-13-3-1-2-4-15(13)20-14/h1-6,10-11H,7-9H2,(H,17,21)(H,18,19). The molecule has 0 fully saturated rings. The number of nitrogens with one attached hydrogen (secondary N) is 2. The summed E-state index contributed by atoms with van der Waals surface area (Å²) in [5.41, 5.74) is 2.87. The van der Waals surface area contributed by atoms with Crippen molar-refractivity contribution in [3.63, 3.8) is 0 Å². The van der Waals surface area contributed by atoms with E-state index in [0.717, 1.165) is 22.2 Å². The highest BCUT2D eigenvalue weighted by Gasteiger charge is 2.04. The fraction of sp³-hybridized carbons (Fsp3) is 0.188. The fourth-order valence-electron chi connectivity index (χ4n) is 2.15. The molecule has 2 N–H and O–H groups in total. The minimum Gasteiger partial charge on any atom is -0.352 e. The first kappa shape index (κ1) is 13.3. The van der Waals surface area contributed by atoms with Gasteiger partial charge in [-0.3, -0.25) is 14.9 Å². The van der Waals surface area contributed by atoms with E-state index in [1.54, 1.807) is 12.4 Å². The van der Waals surface area contributed by atoms with Crippen LogP contribution in [0.15, 0.2) is 48.8 Å². The lowest BCUT2D eigenvalue weighted by Gasteiger charge is -2.04. The van der Waals surface area contributed by atoms with Crippen LogP contribution in [0.2, 0.25) is 0 Å². The molecular formula is C16H16N4O. The van der Waals surface area contributed by atoms with Crippen LogP contribution in [0.4, 0.5) is 0 Å². The van der Waals surface area contributed by atoms with E-state index in [-0.39, 0.29) is 5.91 Å². The molecule has 0 unspecified atom stereocenters. The van der Waals surface area contributed by atoms with Crippen LogP contribution in [0.5, 0.6) is 0 Å². The summed E-state index contributed by atoms with van der Waals surface area (Å²) in [4.78, 5) is 16.4. The van der Waals surface area contributed by atoms with Crippen LogP contribution >= 0.6 is 0 Å². The molecule has 0 aliphatic rings. The Kier molecular flexibility index (Phi) is 3.91. The van der Waals surface area contributed by atoms with Gasteiger partial charge in [-0.2, -0.15) is 5.10 Å². The average molecular weight is 280 g/mol. The van der Waals surface area contributed by atoms with Gasteiger partial charge >= 0.3 is 0 Å². The Morgan fingerprint density at radius 1 is 1.19 bits per heavy atom. The number of para-hydroxylation sites is 1. The number of hydrogen-bond donors (Lipinski definition) is 2. The van der Waals surface area contributed by atoms with E-state index >= 15 is 0 Å². The zero-order valence-electron chi connectivity index (χ0n) is 11.5. The molecule has 0 aliphatic heterocycles. The van der Waals surface area contributed by atoms with Crippen molar-refractivity contribution in [3.8, 4) is 0 Å². The van der Waals surface area contributed by atoms with Crippen molar-refractivity contribution in [1.29, 1.82) is 0 Å². The molecule has 1 aromatic carbocycles. The maximum atomic E-state index is 11.8. The van der Waals surface area contributed by atoms with Gasteiger partial charge in [-0.1, -0.05) is 24.3 Å². The van der Waals surface area contributed by atoms with E-state index in [0.29, 0.717) is 19.4 Å². The normalized spacial score (nSPS) is 10.7. The van der Waals surface area contributed by atoms with Crippen LogP contribution in [0.25, 0.3) is 10.9 Å². The quantitative estimate of drug-likeness (QED) is 0.752. The predicted octanol–water partition coefficient (Wildman–Crippen LogP) is 2.21. The molecule has 3 aromatic rings. The van der Waals surface area contributed by atoms with Gasteiger partial charge in [-0.15, -0.1) is 0 Å². The summed E-state index contributed by atoms with van der Waals surface area (Å²) in [7, 11) is 0. The number of carbonyl (C=O) groups excluding carboxylic acids is 1. The number of nitrogens with zero attached hydrogens (tertiary/aromatic N) is 2. The second-order valence-corrected chi connectivity index (χ2v) is 4.88. The lowest BCUT2D eigenvalue weighted by molar-refractivity contribution is -0.121. The van der Waals surface area contributed by atoms with Crippen molar-refractivity contribution in [2.24, 2.45) is 0 Å². The van der Waals surface area contributed by atoms with Gasteiger partial charge in [0.1, 0.15) is 0 Å². The topological polar surface area (TPSA) is 70.7 Å². The van der Waals surface area contributed by atoms with Crippen molar-refractivity contribution in [2.45, 2.75) is 19.4 Å². The molecule has 0 saturated carbocycles. The van der Waals surface area contributed by atoms with Crippen LogP contribution in [0, 0.1) is 0 Å². The molecule has 0 radical (unpaired) electrons. The molecular weight excluding hydrogens is 264 g/mol. The third kappa shape index (κ3) is 3.45. The Morgan fingerprint density at radius 3 is 2.95 bits per heavy atom. The molecule has 1 amide bonds. The molecule has 0 bridgehead atoms. The second-order valence-electron chi connectivity index (χ2n) is 4.88. The Hall–Kier alpha value is -2.69. The number of hydrogen-bond acceptors (Lipinski definition) is 3. The lowest BCUT2D eigenvalue weighted by Crippen LogP contribution is -2.22. The van der Waals surface area contributed by atoms with Crippen LogP contribution in [0.1, 0.15) is 17.7 Å². The van der Waals surface area contributed by atoms with Gasteiger partial charge in [0.2, 0.25) is 5.91 Å². The molecule has 5 heteroatoms. The summed E-state index contributed by atoms with van der Waals surface area (Å²) in [6.45, 7) is 0.500. The Labute approximate surface area is 122 Å². The third-order valence-electron chi connectivity index (χ3n) is 3.31. The van der Waals surface area contributed by atoms with Gasteiger partial charge in [0.25, 0.3) is 0 Å². The van der Waals surface area contributed by atoms with Gasteiger partial charge in [-0.05, 0) is 18.6 Å². The molecule has 2 heterocycles. The lowest BCUT2D eigenvalue weighted by atomic mass is 10.1. The van der Waals surface area contributed by atoms with E-state index in [1.165, 1.54) is 0 Å².